The van der Waals surface area contributed by atoms with Crippen LogP contribution in [0.2, 0.25) is 0 Å². The van der Waals surface area contributed by atoms with Crippen molar-refractivity contribution in [3.8, 4) is 11.3 Å². The summed E-state index contributed by atoms with van der Waals surface area (Å²) in [5.41, 5.74) is 10.1. The van der Waals surface area contributed by atoms with E-state index in [1.807, 2.05) is 54.6 Å². The lowest BCUT2D eigenvalue weighted by molar-refractivity contribution is 0.215. The number of aromatic nitrogens is 2. The quantitative estimate of drug-likeness (QED) is 0.335. The lowest BCUT2D eigenvalue weighted by Crippen LogP contribution is -2.37. The molecule has 1 saturated heterocycles. The maximum atomic E-state index is 11.9. The number of amidine groups is 1. The first kappa shape index (κ1) is 22.0. The first-order chi connectivity index (χ1) is 15.5. The second-order valence-corrected chi connectivity index (χ2v) is 8.33. The van der Waals surface area contributed by atoms with Crippen LogP contribution in [0, 0.1) is 5.92 Å². The van der Waals surface area contributed by atoms with Gasteiger partial charge in [-0.25, -0.2) is 15.2 Å². The molecule has 2 heterocycles. The number of rotatable bonds is 8. The Labute approximate surface area is 188 Å². The topological polar surface area (TPSA) is 98.9 Å². The maximum absolute atomic E-state index is 11.9. The van der Waals surface area contributed by atoms with E-state index in [-0.39, 0.29) is 6.03 Å². The lowest BCUT2D eigenvalue weighted by Gasteiger charge is -2.15. The predicted molar refractivity (Wildman–Crippen MR) is 125 cm³/mol. The van der Waals surface area contributed by atoms with Gasteiger partial charge in [0.2, 0.25) is 5.95 Å². The van der Waals surface area contributed by atoms with Gasteiger partial charge in [-0.1, -0.05) is 18.2 Å². The highest BCUT2D eigenvalue weighted by Crippen LogP contribution is 2.27. The number of amides is 2. The molecule has 1 aromatic heterocycles. The van der Waals surface area contributed by atoms with Gasteiger partial charge >= 0.3 is 6.03 Å². The molecule has 1 saturated carbocycles. The van der Waals surface area contributed by atoms with Gasteiger partial charge in [-0.05, 0) is 44.2 Å². The normalized spacial score (nSPS) is 17.1. The molecule has 0 radical (unpaired) electrons. The number of carbonyl (C=O) groups excluding carboxylic acids is 1. The van der Waals surface area contributed by atoms with Gasteiger partial charge in [0, 0.05) is 51.4 Å². The molecule has 1 aliphatic heterocycles. The van der Waals surface area contributed by atoms with Crippen molar-refractivity contribution in [2.45, 2.75) is 33.2 Å². The fourth-order valence-corrected chi connectivity index (χ4v) is 3.63. The van der Waals surface area contributed by atoms with E-state index in [4.69, 9.17) is 9.98 Å². The molecule has 9 nitrogen and oxygen atoms in total. The van der Waals surface area contributed by atoms with Crippen molar-refractivity contribution in [2.24, 2.45) is 23.0 Å². The van der Waals surface area contributed by atoms with E-state index in [0.29, 0.717) is 25.6 Å². The molecule has 4 rings (SSSR count). The van der Waals surface area contributed by atoms with Crippen molar-refractivity contribution in [3.05, 3.63) is 41.4 Å². The van der Waals surface area contributed by atoms with Crippen LogP contribution in [0.3, 0.4) is 0 Å². The number of hydrogen-bond acceptors (Lipinski definition) is 5. The van der Waals surface area contributed by atoms with Crippen LogP contribution < -0.4 is 21.7 Å². The number of hydrazine groups is 1. The van der Waals surface area contributed by atoms with E-state index in [0.717, 1.165) is 47.2 Å². The molecule has 2 amide bonds. The molecule has 32 heavy (non-hydrogen) atoms. The maximum Gasteiger partial charge on any atom is 0.317 e. The number of carbonyl (C=O) groups is 1. The Morgan fingerprint density at radius 2 is 2.16 bits per heavy atom. The number of hydrogen-bond donors (Lipinski definition) is 3. The SMILES string of the molecule is CCN=c1cc(-c2cccc(CN3CCNC3=O)c2)nc(/N=C(\C)NNCC2CC2)n1C. The number of aliphatic imine (C=N–C) groups is 1. The number of urea groups is 1. The molecule has 170 valence electrons. The summed E-state index contributed by atoms with van der Waals surface area (Å²) in [6, 6.07) is 10.1. The largest absolute Gasteiger partial charge is 0.336 e. The van der Waals surface area contributed by atoms with Gasteiger partial charge in [0.05, 0.1) is 5.69 Å². The van der Waals surface area contributed by atoms with E-state index < -0.39 is 0 Å². The Morgan fingerprint density at radius 3 is 2.88 bits per heavy atom. The van der Waals surface area contributed by atoms with Crippen molar-refractivity contribution in [2.75, 3.05) is 26.2 Å². The Bertz CT molecular complexity index is 1070. The van der Waals surface area contributed by atoms with Crippen LogP contribution in [0.1, 0.15) is 32.3 Å². The van der Waals surface area contributed by atoms with E-state index >= 15 is 0 Å². The molecule has 0 bridgehead atoms. The lowest BCUT2D eigenvalue weighted by atomic mass is 10.1. The van der Waals surface area contributed by atoms with Gasteiger partial charge < -0.3 is 15.6 Å². The highest BCUT2D eigenvalue weighted by atomic mass is 16.2. The number of nitrogens with one attached hydrogen (secondary N) is 3. The molecule has 2 aromatic rings. The monoisotopic (exact) mass is 436 g/mol. The van der Waals surface area contributed by atoms with Gasteiger partial charge in [-0.3, -0.25) is 9.56 Å². The summed E-state index contributed by atoms with van der Waals surface area (Å²) < 4.78 is 1.90. The van der Waals surface area contributed by atoms with Crippen LogP contribution >= 0.6 is 0 Å². The van der Waals surface area contributed by atoms with Gasteiger partial charge in [0.25, 0.3) is 0 Å². The molecule has 2 aliphatic rings. The van der Waals surface area contributed by atoms with Crippen molar-refractivity contribution in [1.29, 1.82) is 0 Å². The van der Waals surface area contributed by atoms with Crippen LogP contribution in [0.25, 0.3) is 11.3 Å². The molecule has 0 spiro atoms. The predicted octanol–water partition coefficient (Wildman–Crippen LogP) is 2.09. The number of benzene rings is 1. The zero-order chi connectivity index (χ0) is 22.5. The van der Waals surface area contributed by atoms with Gasteiger partial charge in [-0.2, -0.15) is 4.99 Å². The summed E-state index contributed by atoms with van der Waals surface area (Å²) in [5.74, 6) is 2.11. The van der Waals surface area contributed by atoms with Crippen molar-refractivity contribution in [1.82, 2.24) is 30.6 Å². The van der Waals surface area contributed by atoms with Gasteiger partial charge in [0.15, 0.2) is 0 Å². The average Bonchev–Trinajstić information content (AvgIpc) is 3.52. The smallest absolute Gasteiger partial charge is 0.317 e. The summed E-state index contributed by atoms with van der Waals surface area (Å²) in [4.78, 5) is 27.9. The molecular formula is C23H32N8O. The summed E-state index contributed by atoms with van der Waals surface area (Å²) >= 11 is 0. The molecule has 1 aromatic carbocycles. The third-order valence-electron chi connectivity index (χ3n) is 5.62. The average molecular weight is 437 g/mol. The van der Waals surface area contributed by atoms with Crippen LogP contribution in [0.5, 0.6) is 0 Å². The minimum absolute atomic E-state index is 0.0146. The van der Waals surface area contributed by atoms with Gasteiger partial charge in [0.1, 0.15) is 11.3 Å². The van der Waals surface area contributed by atoms with Crippen LogP contribution in [0.4, 0.5) is 10.7 Å². The van der Waals surface area contributed by atoms with Crippen LogP contribution in [0.15, 0.2) is 40.3 Å². The van der Waals surface area contributed by atoms with E-state index in [2.05, 4.69) is 27.2 Å². The Balaban J connectivity index is 1.61. The van der Waals surface area contributed by atoms with Crippen molar-refractivity contribution >= 4 is 17.8 Å². The zero-order valence-electron chi connectivity index (χ0n) is 19.1. The van der Waals surface area contributed by atoms with E-state index in [1.54, 1.807) is 0 Å². The molecule has 2 fully saturated rings. The number of nitrogens with zero attached hydrogens (tertiary/aromatic N) is 5. The third-order valence-corrected chi connectivity index (χ3v) is 5.62. The third kappa shape index (κ3) is 5.53. The van der Waals surface area contributed by atoms with Crippen LogP contribution in [-0.2, 0) is 13.6 Å². The summed E-state index contributed by atoms with van der Waals surface area (Å²) in [6.07, 6.45) is 2.60. The molecule has 1 aliphatic carbocycles. The molecular weight excluding hydrogens is 404 g/mol. The first-order valence-corrected chi connectivity index (χ1v) is 11.3. The fraction of sp³-hybridized carbons (Fsp3) is 0.478. The second-order valence-electron chi connectivity index (χ2n) is 8.33. The molecule has 3 N–H and O–H groups in total. The van der Waals surface area contributed by atoms with Crippen LogP contribution in [-0.4, -0.2) is 52.5 Å². The zero-order valence-corrected chi connectivity index (χ0v) is 19.1. The first-order valence-electron chi connectivity index (χ1n) is 11.3. The second kappa shape index (κ2) is 9.95. The van der Waals surface area contributed by atoms with Gasteiger partial charge in [-0.15, -0.1) is 0 Å². The molecule has 9 heteroatoms. The Morgan fingerprint density at radius 1 is 1.31 bits per heavy atom. The minimum Gasteiger partial charge on any atom is -0.336 e. The fourth-order valence-electron chi connectivity index (χ4n) is 3.63. The van der Waals surface area contributed by atoms with E-state index in [9.17, 15) is 4.79 Å². The highest BCUT2D eigenvalue weighted by Gasteiger charge is 2.20. The van der Waals surface area contributed by atoms with Crippen molar-refractivity contribution in [3.63, 3.8) is 0 Å². The highest BCUT2D eigenvalue weighted by molar-refractivity contribution is 5.81. The molecule has 0 unspecified atom stereocenters. The summed E-state index contributed by atoms with van der Waals surface area (Å²) in [6.45, 7) is 7.55. The Hall–Kier alpha value is -3.20. The van der Waals surface area contributed by atoms with E-state index in [1.165, 1.54) is 12.8 Å². The molecule has 0 atom stereocenters. The standard InChI is InChI=1S/C23H32N8O/c1-4-24-21-13-20(19-7-5-6-18(12-19)15-31-11-10-25-23(31)32)28-22(30(21)3)27-16(2)29-26-14-17-8-9-17/h5-7,12-13,17,26H,4,8-11,14-15H2,1-3H3,(H,25,32)(H,27,28,29). The Kier molecular flexibility index (Phi) is 6.84. The summed E-state index contributed by atoms with van der Waals surface area (Å²) in [7, 11) is 1.93. The minimum atomic E-state index is -0.0146. The van der Waals surface area contributed by atoms with Crippen molar-refractivity contribution < 1.29 is 4.79 Å². The summed E-state index contributed by atoms with van der Waals surface area (Å²) in [5, 5.41) is 2.85.